The van der Waals surface area contributed by atoms with Crippen LogP contribution in [0.2, 0.25) is 0 Å². The number of thiophene rings is 1. The first-order chi connectivity index (χ1) is 9.65. The van der Waals surface area contributed by atoms with Gasteiger partial charge in [-0.15, -0.1) is 11.3 Å². The standard InChI is InChI=1S/C14H19N3OS2/c1-8-9(2)20-13-11(8)12(15)16-14(17-13)19-7-10-5-3-4-6-18-10/h10H,3-7H2,1-2H3,(H2,15,16,17)/t10-/m0/s1. The maximum atomic E-state index is 6.09. The number of hydrogen-bond donors (Lipinski definition) is 1. The van der Waals surface area contributed by atoms with Crippen molar-refractivity contribution in [2.45, 2.75) is 44.4 Å². The quantitative estimate of drug-likeness (QED) is 0.694. The Morgan fingerprint density at radius 3 is 2.95 bits per heavy atom. The van der Waals surface area contributed by atoms with E-state index in [0.717, 1.165) is 34.2 Å². The summed E-state index contributed by atoms with van der Waals surface area (Å²) in [5.41, 5.74) is 7.29. The summed E-state index contributed by atoms with van der Waals surface area (Å²) in [6.45, 7) is 5.07. The lowest BCUT2D eigenvalue weighted by Crippen LogP contribution is -2.21. The van der Waals surface area contributed by atoms with Crippen molar-refractivity contribution >= 4 is 39.1 Å². The van der Waals surface area contributed by atoms with Gasteiger partial charge in [-0.2, -0.15) is 0 Å². The van der Waals surface area contributed by atoms with Crippen LogP contribution in [0.5, 0.6) is 0 Å². The van der Waals surface area contributed by atoms with Crippen LogP contribution in [0.3, 0.4) is 0 Å². The summed E-state index contributed by atoms with van der Waals surface area (Å²) >= 11 is 3.34. The number of nitrogen functional groups attached to an aromatic ring is 1. The smallest absolute Gasteiger partial charge is 0.190 e. The highest BCUT2D eigenvalue weighted by atomic mass is 32.2. The average Bonchev–Trinajstić information content (AvgIpc) is 2.73. The average molecular weight is 309 g/mol. The number of ether oxygens (including phenoxy) is 1. The number of thioether (sulfide) groups is 1. The van der Waals surface area contributed by atoms with Crippen LogP contribution >= 0.6 is 23.1 Å². The molecule has 1 fully saturated rings. The number of anilines is 1. The highest BCUT2D eigenvalue weighted by molar-refractivity contribution is 7.99. The van der Waals surface area contributed by atoms with Gasteiger partial charge in [0.25, 0.3) is 0 Å². The number of nitrogens with two attached hydrogens (primary N) is 1. The van der Waals surface area contributed by atoms with E-state index in [4.69, 9.17) is 10.5 Å². The van der Waals surface area contributed by atoms with Gasteiger partial charge in [0.1, 0.15) is 10.6 Å². The fourth-order valence-corrected chi connectivity index (χ4v) is 4.44. The van der Waals surface area contributed by atoms with Gasteiger partial charge in [0.15, 0.2) is 5.16 Å². The SMILES string of the molecule is Cc1sc2nc(SC[C@@H]3CCCCO3)nc(N)c2c1C. The molecule has 4 nitrogen and oxygen atoms in total. The molecule has 3 heterocycles. The zero-order valence-corrected chi connectivity index (χ0v) is 13.4. The maximum absolute atomic E-state index is 6.09. The Bertz CT molecular complexity index is 620. The molecule has 0 spiro atoms. The summed E-state index contributed by atoms with van der Waals surface area (Å²) in [7, 11) is 0. The minimum Gasteiger partial charge on any atom is -0.383 e. The minimum atomic E-state index is 0.334. The zero-order chi connectivity index (χ0) is 14.1. The molecule has 6 heteroatoms. The van der Waals surface area contributed by atoms with Gasteiger partial charge < -0.3 is 10.5 Å². The second-order valence-corrected chi connectivity index (χ2v) is 7.34. The minimum absolute atomic E-state index is 0.334. The lowest BCUT2D eigenvalue weighted by Gasteiger charge is -2.21. The summed E-state index contributed by atoms with van der Waals surface area (Å²) in [5.74, 6) is 1.51. The molecule has 1 aliphatic rings. The number of aromatic nitrogens is 2. The predicted octanol–water partition coefficient (Wildman–Crippen LogP) is 3.55. The van der Waals surface area contributed by atoms with Crippen molar-refractivity contribution in [2.24, 2.45) is 0 Å². The highest BCUT2D eigenvalue weighted by Crippen LogP contribution is 2.33. The summed E-state index contributed by atoms with van der Waals surface area (Å²) in [6, 6.07) is 0. The molecule has 0 aromatic carbocycles. The molecular weight excluding hydrogens is 290 g/mol. The first-order valence-corrected chi connectivity index (χ1v) is 8.73. The third kappa shape index (κ3) is 2.77. The molecule has 0 aliphatic carbocycles. The molecule has 1 saturated heterocycles. The molecular formula is C14H19N3OS2. The molecule has 108 valence electrons. The third-order valence-electron chi connectivity index (χ3n) is 3.71. The summed E-state index contributed by atoms with van der Waals surface area (Å²) in [5, 5.41) is 1.79. The van der Waals surface area contributed by atoms with E-state index in [2.05, 4.69) is 23.8 Å². The lowest BCUT2D eigenvalue weighted by atomic mass is 10.1. The van der Waals surface area contributed by atoms with E-state index in [-0.39, 0.29) is 0 Å². The summed E-state index contributed by atoms with van der Waals surface area (Å²) in [6.07, 6.45) is 3.92. The monoisotopic (exact) mass is 309 g/mol. The van der Waals surface area contributed by atoms with Gasteiger partial charge in [-0.3, -0.25) is 0 Å². The van der Waals surface area contributed by atoms with Gasteiger partial charge in [0.2, 0.25) is 0 Å². The number of fused-ring (bicyclic) bond motifs is 1. The molecule has 3 rings (SSSR count). The fraction of sp³-hybridized carbons (Fsp3) is 0.571. The van der Waals surface area contributed by atoms with E-state index in [1.165, 1.54) is 23.3 Å². The molecule has 1 aliphatic heterocycles. The summed E-state index contributed by atoms with van der Waals surface area (Å²) < 4.78 is 5.74. The molecule has 2 aromatic heterocycles. The highest BCUT2D eigenvalue weighted by Gasteiger charge is 2.17. The van der Waals surface area contributed by atoms with Crippen molar-refractivity contribution in [1.29, 1.82) is 0 Å². The Kier molecular flexibility index (Phi) is 4.14. The Morgan fingerprint density at radius 2 is 2.20 bits per heavy atom. The third-order valence-corrected chi connectivity index (χ3v) is 5.79. The normalized spacial score (nSPS) is 19.6. The molecule has 2 N–H and O–H groups in total. The molecule has 1 atom stereocenters. The zero-order valence-electron chi connectivity index (χ0n) is 11.8. The van der Waals surface area contributed by atoms with Crippen molar-refractivity contribution in [3.8, 4) is 0 Å². The number of rotatable bonds is 3. The first-order valence-electron chi connectivity index (χ1n) is 6.93. The van der Waals surface area contributed by atoms with Crippen molar-refractivity contribution in [3.63, 3.8) is 0 Å². The van der Waals surface area contributed by atoms with Gasteiger partial charge in [-0.1, -0.05) is 11.8 Å². The molecule has 20 heavy (non-hydrogen) atoms. The molecule has 0 unspecified atom stereocenters. The van der Waals surface area contributed by atoms with Crippen LogP contribution in [0.1, 0.15) is 29.7 Å². The van der Waals surface area contributed by atoms with Crippen molar-refractivity contribution < 1.29 is 4.74 Å². The van der Waals surface area contributed by atoms with Crippen LogP contribution in [-0.2, 0) is 4.74 Å². The van der Waals surface area contributed by atoms with Gasteiger partial charge in [0.05, 0.1) is 11.5 Å². The lowest BCUT2D eigenvalue weighted by molar-refractivity contribution is 0.0315. The predicted molar refractivity (Wildman–Crippen MR) is 85.6 cm³/mol. The van der Waals surface area contributed by atoms with Gasteiger partial charge in [-0.25, -0.2) is 9.97 Å². The first kappa shape index (κ1) is 14.1. The van der Waals surface area contributed by atoms with Crippen molar-refractivity contribution in [3.05, 3.63) is 10.4 Å². The van der Waals surface area contributed by atoms with E-state index < -0.39 is 0 Å². The fourth-order valence-electron chi connectivity index (χ4n) is 2.43. The Morgan fingerprint density at radius 1 is 1.35 bits per heavy atom. The van der Waals surface area contributed by atoms with Crippen LogP contribution in [0.4, 0.5) is 5.82 Å². The molecule has 2 aromatic rings. The Balaban J connectivity index is 1.78. The topological polar surface area (TPSA) is 61.0 Å². The van der Waals surface area contributed by atoms with Crippen LogP contribution in [-0.4, -0.2) is 28.4 Å². The van der Waals surface area contributed by atoms with E-state index in [0.29, 0.717) is 11.9 Å². The molecule has 0 bridgehead atoms. The number of aryl methyl sites for hydroxylation is 2. The van der Waals surface area contributed by atoms with Crippen LogP contribution in [0.25, 0.3) is 10.2 Å². The van der Waals surface area contributed by atoms with E-state index >= 15 is 0 Å². The van der Waals surface area contributed by atoms with E-state index in [1.807, 2.05) is 0 Å². The van der Waals surface area contributed by atoms with Gasteiger partial charge in [0, 0.05) is 17.2 Å². The second-order valence-electron chi connectivity index (χ2n) is 5.15. The maximum Gasteiger partial charge on any atom is 0.190 e. The Labute approximate surface area is 127 Å². The van der Waals surface area contributed by atoms with Crippen LogP contribution < -0.4 is 5.73 Å². The van der Waals surface area contributed by atoms with Gasteiger partial charge >= 0.3 is 0 Å². The number of hydrogen-bond acceptors (Lipinski definition) is 6. The molecule has 0 saturated carbocycles. The number of nitrogens with zero attached hydrogens (tertiary/aromatic N) is 2. The van der Waals surface area contributed by atoms with E-state index in [9.17, 15) is 0 Å². The van der Waals surface area contributed by atoms with Crippen LogP contribution in [0, 0.1) is 13.8 Å². The Hall–Kier alpha value is -0.850. The van der Waals surface area contributed by atoms with Gasteiger partial charge in [-0.05, 0) is 38.7 Å². The van der Waals surface area contributed by atoms with Crippen molar-refractivity contribution in [1.82, 2.24) is 9.97 Å². The summed E-state index contributed by atoms with van der Waals surface area (Å²) in [4.78, 5) is 11.3. The largest absolute Gasteiger partial charge is 0.383 e. The van der Waals surface area contributed by atoms with E-state index in [1.54, 1.807) is 23.1 Å². The molecule has 0 amide bonds. The molecule has 0 radical (unpaired) electrons. The van der Waals surface area contributed by atoms with Crippen LogP contribution in [0.15, 0.2) is 5.16 Å². The second kappa shape index (κ2) is 5.87. The van der Waals surface area contributed by atoms with Crippen molar-refractivity contribution in [2.75, 3.05) is 18.1 Å².